The monoisotopic (exact) mass is 273 g/mol. The molecule has 1 unspecified atom stereocenters. The molecule has 2 fully saturated rings. The largest absolute Gasteiger partial charge is 0.368 e. The maximum absolute atomic E-state index is 11.5. The van der Waals surface area contributed by atoms with E-state index in [4.69, 9.17) is 5.73 Å². The van der Waals surface area contributed by atoms with E-state index < -0.39 is 0 Å². The lowest BCUT2D eigenvalue weighted by atomic mass is 10.1. The third-order valence-electron chi connectivity index (χ3n) is 4.32. The van der Waals surface area contributed by atoms with Gasteiger partial charge in [0.15, 0.2) is 0 Å². The molecule has 2 aliphatic rings. The van der Waals surface area contributed by atoms with E-state index in [0.29, 0.717) is 0 Å². The first-order chi connectivity index (χ1) is 9.65. The molecule has 0 bridgehead atoms. The molecule has 4 nitrogen and oxygen atoms in total. The van der Waals surface area contributed by atoms with Gasteiger partial charge in [0.1, 0.15) is 6.04 Å². The maximum atomic E-state index is 11.5. The zero-order valence-corrected chi connectivity index (χ0v) is 12.1. The average Bonchev–Trinajstić information content (AvgIpc) is 3.11. The second kappa shape index (κ2) is 5.44. The Kier molecular flexibility index (Phi) is 3.66. The Balaban J connectivity index is 1.74. The van der Waals surface area contributed by atoms with Crippen LogP contribution in [0.25, 0.3) is 0 Å². The summed E-state index contributed by atoms with van der Waals surface area (Å²) >= 11 is 0. The van der Waals surface area contributed by atoms with Crippen molar-refractivity contribution in [2.45, 2.75) is 51.2 Å². The Morgan fingerprint density at radius 1 is 1.40 bits per heavy atom. The van der Waals surface area contributed by atoms with Crippen molar-refractivity contribution >= 4 is 11.6 Å². The summed E-state index contributed by atoms with van der Waals surface area (Å²) < 4.78 is 0. The van der Waals surface area contributed by atoms with E-state index in [2.05, 4.69) is 35.3 Å². The number of anilines is 1. The normalized spacial score (nSPS) is 22.2. The number of primary amides is 1. The van der Waals surface area contributed by atoms with Gasteiger partial charge in [-0.2, -0.15) is 0 Å². The summed E-state index contributed by atoms with van der Waals surface area (Å²) in [6.07, 6.45) is 4.54. The van der Waals surface area contributed by atoms with E-state index in [1.165, 1.54) is 24.0 Å². The molecular weight excluding hydrogens is 250 g/mol. The maximum Gasteiger partial charge on any atom is 0.240 e. The molecule has 1 saturated heterocycles. The molecule has 1 atom stereocenters. The highest BCUT2D eigenvalue weighted by molar-refractivity contribution is 5.84. The molecule has 3 rings (SSSR count). The Morgan fingerprint density at radius 3 is 2.85 bits per heavy atom. The first-order valence-corrected chi connectivity index (χ1v) is 7.54. The van der Waals surface area contributed by atoms with Gasteiger partial charge in [0.25, 0.3) is 0 Å². The van der Waals surface area contributed by atoms with Gasteiger partial charge in [-0.05, 0) is 49.8 Å². The molecule has 1 aromatic rings. The molecule has 1 aliphatic heterocycles. The van der Waals surface area contributed by atoms with E-state index in [9.17, 15) is 4.79 Å². The van der Waals surface area contributed by atoms with Crippen molar-refractivity contribution < 1.29 is 4.79 Å². The average molecular weight is 273 g/mol. The second-order valence-corrected chi connectivity index (χ2v) is 6.03. The molecule has 1 aliphatic carbocycles. The standard InChI is InChI=1S/C16H23N3O/c1-11-9-12(10-18-13-5-6-13)4-7-14(11)19-8-2-3-15(19)16(17)20/h4,7,9,13,15,18H,2-3,5-6,8,10H2,1H3,(H2,17,20). The van der Waals surface area contributed by atoms with E-state index in [1.54, 1.807) is 0 Å². The number of rotatable bonds is 5. The lowest BCUT2D eigenvalue weighted by molar-refractivity contribution is -0.119. The van der Waals surface area contributed by atoms with Crippen LogP contribution in [0.4, 0.5) is 5.69 Å². The molecule has 1 aromatic carbocycles. The summed E-state index contributed by atoms with van der Waals surface area (Å²) in [4.78, 5) is 13.7. The number of nitrogens with zero attached hydrogens (tertiary/aromatic N) is 1. The molecule has 1 saturated carbocycles. The predicted molar refractivity (Wildman–Crippen MR) is 80.6 cm³/mol. The number of benzene rings is 1. The number of hydrogen-bond acceptors (Lipinski definition) is 3. The van der Waals surface area contributed by atoms with Crippen molar-refractivity contribution in [3.63, 3.8) is 0 Å². The number of hydrogen-bond donors (Lipinski definition) is 2. The van der Waals surface area contributed by atoms with Gasteiger partial charge in [-0.15, -0.1) is 0 Å². The fourth-order valence-corrected chi connectivity index (χ4v) is 3.05. The van der Waals surface area contributed by atoms with Crippen molar-refractivity contribution in [2.75, 3.05) is 11.4 Å². The molecule has 4 heteroatoms. The number of amides is 1. The number of carbonyl (C=O) groups is 1. The van der Waals surface area contributed by atoms with Crippen molar-refractivity contribution in [1.82, 2.24) is 5.32 Å². The molecule has 0 spiro atoms. The minimum Gasteiger partial charge on any atom is -0.368 e. The molecule has 1 heterocycles. The van der Waals surface area contributed by atoms with Crippen LogP contribution < -0.4 is 16.0 Å². The number of nitrogens with two attached hydrogens (primary N) is 1. The van der Waals surface area contributed by atoms with Gasteiger partial charge in [-0.1, -0.05) is 12.1 Å². The van der Waals surface area contributed by atoms with Gasteiger partial charge in [0.05, 0.1) is 0 Å². The summed E-state index contributed by atoms with van der Waals surface area (Å²) in [6.45, 7) is 3.98. The molecule has 0 radical (unpaired) electrons. The predicted octanol–water partition coefficient (Wildman–Crippen LogP) is 1.70. The number of nitrogens with one attached hydrogen (secondary N) is 1. The molecule has 0 aromatic heterocycles. The van der Waals surface area contributed by atoms with Crippen LogP contribution in [0.5, 0.6) is 0 Å². The van der Waals surface area contributed by atoms with Crippen LogP contribution in [0, 0.1) is 6.92 Å². The zero-order valence-electron chi connectivity index (χ0n) is 12.1. The molecule has 108 valence electrons. The molecule has 3 N–H and O–H groups in total. The van der Waals surface area contributed by atoms with Gasteiger partial charge in [-0.3, -0.25) is 4.79 Å². The first kappa shape index (κ1) is 13.4. The number of carbonyl (C=O) groups excluding carboxylic acids is 1. The minimum atomic E-state index is -0.207. The van der Waals surface area contributed by atoms with E-state index in [1.807, 2.05) is 0 Å². The van der Waals surface area contributed by atoms with E-state index in [-0.39, 0.29) is 11.9 Å². The van der Waals surface area contributed by atoms with Gasteiger partial charge in [-0.25, -0.2) is 0 Å². The highest BCUT2D eigenvalue weighted by Gasteiger charge is 2.29. The smallest absolute Gasteiger partial charge is 0.240 e. The zero-order chi connectivity index (χ0) is 14.1. The topological polar surface area (TPSA) is 58.4 Å². The Hall–Kier alpha value is -1.55. The summed E-state index contributed by atoms with van der Waals surface area (Å²) in [5.74, 6) is -0.207. The SMILES string of the molecule is Cc1cc(CNC2CC2)ccc1N1CCCC1C(N)=O. The van der Waals surface area contributed by atoms with Crippen molar-refractivity contribution in [2.24, 2.45) is 5.73 Å². The van der Waals surface area contributed by atoms with Crippen LogP contribution in [0.1, 0.15) is 36.8 Å². The van der Waals surface area contributed by atoms with Crippen LogP contribution in [0.15, 0.2) is 18.2 Å². The van der Waals surface area contributed by atoms with Crippen molar-refractivity contribution in [3.8, 4) is 0 Å². The van der Waals surface area contributed by atoms with Crippen LogP contribution in [0.2, 0.25) is 0 Å². The molecule has 20 heavy (non-hydrogen) atoms. The summed E-state index contributed by atoms with van der Waals surface area (Å²) in [7, 11) is 0. The van der Waals surface area contributed by atoms with Crippen LogP contribution in [0.3, 0.4) is 0 Å². The highest BCUT2D eigenvalue weighted by Crippen LogP contribution is 2.29. The fraction of sp³-hybridized carbons (Fsp3) is 0.562. The lowest BCUT2D eigenvalue weighted by Crippen LogP contribution is -2.40. The Bertz CT molecular complexity index is 510. The fourth-order valence-electron chi connectivity index (χ4n) is 3.05. The molecular formula is C16H23N3O. The van der Waals surface area contributed by atoms with Gasteiger partial charge in [0.2, 0.25) is 5.91 Å². The lowest BCUT2D eigenvalue weighted by Gasteiger charge is -2.26. The second-order valence-electron chi connectivity index (χ2n) is 6.03. The minimum absolute atomic E-state index is 0.135. The third kappa shape index (κ3) is 2.80. The highest BCUT2D eigenvalue weighted by atomic mass is 16.1. The van der Waals surface area contributed by atoms with Crippen molar-refractivity contribution in [3.05, 3.63) is 29.3 Å². The quantitative estimate of drug-likeness (QED) is 0.858. The molecule has 1 amide bonds. The Morgan fingerprint density at radius 2 is 2.20 bits per heavy atom. The van der Waals surface area contributed by atoms with Gasteiger partial charge < -0.3 is 16.0 Å². The summed E-state index contributed by atoms with van der Waals surface area (Å²) in [5.41, 5.74) is 9.20. The summed E-state index contributed by atoms with van der Waals surface area (Å²) in [5, 5.41) is 3.53. The van der Waals surface area contributed by atoms with E-state index in [0.717, 1.165) is 37.7 Å². The van der Waals surface area contributed by atoms with Crippen LogP contribution >= 0.6 is 0 Å². The first-order valence-electron chi connectivity index (χ1n) is 7.54. The van der Waals surface area contributed by atoms with Gasteiger partial charge >= 0.3 is 0 Å². The summed E-state index contributed by atoms with van der Waals surface area (Å²) in [6, 6.07) is 7.12. The van der Waals surface area contributed by atoms with Gasteiger partial charge in [0, 0.05) is 24.8 Å². The van der Waals surface area contributed by atoms with Crippen molar-refractivity contribution in [1.29, 1.82) is 0 Å². The third-order valence-corrected chi connectivity index (χ3v) is 4.32. The number of aryl methyl sites for hydroxylation is 1. The van der Waals surface area contributed by atoms with Crippen LogP contribution in [-0.2, 0) is 11.3 Å². The van der Waals surface area contributed by atoms with E-state index >= 15 is 0 Å². The Labute approximate surface area is 120 Å². The van der Waals surface area contributed by atoms with Crippen LogP contribution in [-0.4, -0.2) is 24.5 Å².